The summed E-state index contributed by atoms with van der Waals surface area (Å²) in [6.07, 6.45) is 1.76. The van der Waals surface area contributed by atoms with Crippen LogP contribution in [0.1, 0.15) is 58.3 Å². The van der Waals surface area contributed by atoms with Crippen LogP contribution in [-0.4, -0.2) is 84.2 Å². The molecule has 0 spiro atoms. The van der Waals surface area contributed by atoms with Gasteiger partial charge in [-0.05, 0) is 152 Å². The van der Waals surface area contributed by atoms with Crippen LogP contribution in [-0.2, 0) is 12.8 Å². The normalized spacial score (nSPS) is 14.2. The number of rotatable bonds is 16. The van der Waals surface area contributed by atoms with Gasteiger partial charge in [-0.25, -0.2) is 4.39 Å². The molecule has 0 amide bonds. The predicted molar refractivity (Wildman–Crippen MR) is 278 cm³/mol. The lowest BCUT2D eigenvalue weighted by Gasteiger charge is -2.37. The number of phenolic OH excluding ortho intramolecular Hbond substituents is 2. The second-order valence-corrected chi connectivity index (χ2v) is 21.0. The van der Waals surface area contributed by atoms with Gasteiger partial charge in [0.1, 0.15) is 38.6 Å². The van der Waals surface area contributed by atoms with E-state index in [0.29, 0.717) is 54.5 Å². The van der Waals surface area contributed by atoms with E-state index in [9.17, 15) is 33.0 Å². The fraction of sp³-hybridized carbons (Fsp3) is 0.263. The van der Waals surface area contributed by atoms with Crippen molar-refractivity contribution in [3.05, 3.63) is 175 Å². The van der Waals surface area contributed by atoms with Gasteiger partial charge in [0.05, 0.1) is 13.3 Å². The Kier molecular flexibility index (Phi) is 15.2. The largest absolute Gasteiger partial charge is 0.508 e. The molecule has 0 bridgehead atoms. The van der Waals surface area contributed by atoms with Gasteiger partial charge in [0.15, 0.2) is 11.5 Å². The third kappa shape index (κ3) is 11.3. The van der Waals surface area contributed by atoms with Crippen molar-refractivity contribution in [3.8, 4) is 34.5 Å². The number of hydrogen-bond acceptors (Lipinski definition) is 10. The van der Waals surface area contributed by atoms with Gasteiger partial charge in [-0.15, -0.1) is 22.7 Å². The van der Waals surface area contributed by atoms with Crippen LogP contribution in [0.4, 0.5) is 13.2 Å². The van der Waals surface area contributed by atoms with Gasteiger partial charge in [-0.1, -0.05) is 35.9 Å². The summed E-state index contributed by atoms with van der Waals surface area (Å²) in [4.78, 5) is 32.6. The van der Waals surface area contributed by atoms with E-state index in [1.807, 2.05) is 62.4 Å². The Morgan fingerprint density at radius 1 is 0.606 bits per heavy atom. The first kappa shape index (κ1) is 49.7. The Morgan fingerprint density at radius 3 is 1.49 bits per heavy atom. The summed E-state index contributed by atoms with van der Waals surface area (Å²) < 4.78 is 52.9. The van der Waals surface area contributed by atoms with Crippen molar-refractivity contribution < 1.29 is 42.4 Å². The summed E-state index contributed by atoms with van der Waals surface area (Å²) in [5.74, 6) is 1.97. The number of aromatic hydroxyl groups is 2. The number of halogens is 4. The molecule has 2 aromatic heterocycles. The zero-order valence-corrected chi connectivity index (χ0v) is 41.8. The smallest absolute Gasteiger partial charge is 0.207 e. The number of nitrogens with zero attached hydrogens (tertiary/aromatic N) is 2. The third-order valence-electron chi connectivity index (χ3n) is 13.0. The minimum atomic E-state index is -0.395. The molecule has 4 heterocycles. The van der Waals surface area contributed by atoms with Crippen molar-refractivity contribution in [1.82, 2.24) is 9.80 Å². The Hall–Kier alpha value is -6.22. The molecule has 2 aliphatic rings. The molecule has 10 rings (SSSR count). The van der Waals surface area contributed by atoms with Crippen LogP contribution >= 0.6 is 34.3 Å². The molecule has 0 unspecified atom stereocenters. The number of hydrogen-bond donors (Lipinski definition) is 2. The SMILES string of the molecule is Cc1cc(Cl)cc(C)c1C(=O)c1sc2cc(O)ccc2c1Oc1ccc(CCN2CC(CF)C2)cc1.Cc1cc(F)ccc1C(=O)c1sc2cc(O)ccc2c1Oc1ccc(CCN2CC(CF)C2)cc1. The summed E-state index contributed by atoms with van der Waals surface area (Å²) in [7, 11) is 0. The first-order valence-electron chi connectivity index (χ1n) is 23.5. The second kappa shape index (κ2) is 21.6. The van der Waals surface area contributed by atoms with Crippen LogP contribution in [0.25, 0.3) is 20.2 Å². The number of ketones is 2. The number of carbonyl (C=O) groups excluding carboxylic acids is 2. The molecule has 8 nitrogen and oxygen atoms in total. The highest BCUT2D eigenvalue weighted by atomic mass is 35.5. The van der Waals surface area contributed by atoms with Crippen molar-refractivity contribution in [3.63, 3.8) is 0 Å². The van der Waals surface area contributed by atoms with Gasteiger partial charge in [0, 0.05) is 87.4 Å². The summed E-state index contributed by atoms with van der Waals surface area (Å²) in [6.45, 7) is 10.1. The molecule has 0 saturated carbocycles. The predicted octanol–water partition coefficient (Wildman–Crippen LogP) is 13.9. The van der Waals surface area contributed by atoms with E-state index in [0.717, 1.165) is 89.0 Å². The van der Waals surface area contributed by atoms with Crippen LogP contribution in [0.5, 0.6) is 34.5 Å². The number of fused-ring (bicyclic) bond motifs is 2. The lowest BCUT2D eigenvalue weighted by atomic mass is 9.98. The second-order valence-electron chi connectivity index (χ2n) is 18.5. The Morgan fingerprint density at radius 2 is 1.06 bits per heavy atom. The Bertz CT molecular complexity index is 3210. The molecule has 2 fully saturated rings. The number of alkyl halides is 2. The third-order valence-corrected chi connectivity index (χ3v) is 15.5. The van der Waals surface area contributed by atoms with Crippen molar-refractivity contribution in [1.29, 1.82) is 0 Å². The minimum Gasteiger partial charge on any atom is -0.508 e. The highest BCUT2D eigenvalue weighted by Crippen LogP contribution is 2.45. The first-order valence-corrected chi connectivity index (χ1v) is 25.5. The number of likely N-dealkylation sites (tertiary alicyclic amines) is 2. The van der Waals surface area contributed by atoms with E-state index in [-0.39, 0.29) is 48.3 Å². The van der Waals surface area contributed by atoms with E-state index in [1.165, 1.54) is 46.4 Å². The van der Waals surface area contributed by atoms with Gasteiger partial charge in [-0.2, -0.15) is 0 Å². The number of ether oxygens (including phenoxy) is 2. The molecule has 0 radical (unpaired) electrons. The van der Waals surface area contributed by atoms with E-state index in [2.05, 4.69) is 9.80 Å². The molecular formula is C57H52ClF3N2O6S2. The number of aryl methyl sites for hydroxylation is 3. The van der Waals surface area contributed by atoms with Gasteiger partial charge < -0.3 is 29.5 Å². The molecule has 71 heavy (non-hydrogen) atoms. The maximum Gasteiger partial charge on any atom is 0.207 e. The number of thiophene rings is 2. The van der Waals surface area contributed by atoms with E-state index in [1.54, 1.807) is 55.5 Å². The number of benzene rings is 6. The topological polar surface area (TPSA) is 99.5 Å². The zero-order valence-electron chi connectivity index (χ0n) is 39.4. The molecule has 8 aromatic rings. The Labute approximate surface area is 423 Å². The lowest BCUT2D eigenvalue weighted by molar-refractivity contribution is 0.0824. The molecular weight excluding hydrogens is 965 g/mol. The standard InChI is InChI=1S/C29H27ClFNO3S.C28H25F2NO3S/c1-17-11-21(30)12-18(2)26(17)27(34)29-28(24-8-5-22(33)13-25(24)36-29)35-23-6-3-19(4-7-23)9-10-32-15-20(14-31)16-32;1-17-12-20(30)4-8-23(17)26(33)28-27(24-9-5-21(32)13-25(24)35-28)34-22-6-2-18(3-7-22)10-11-31-15-19(14-29)16-31/h3-8,11-13,20,33H,9-10,14-16H2,1-2H3;2-9,12-13,19,32H,10-11,14-16H2,1H3. The van der Waals surface area contributed by atoms with Crippen molar-refractivity contribution in [2.45, 2.75) is 33.6 Å². The molecule has 6 aromatic carbocycles. The number of phenols is 2. The van der Waals surface area contributed by atoms with Crippen LogP contribution in [0.15, 0.2) is 115 Å². The maximum atomic E-state index is 13.7. The summed E-state index contributed by atoms with van der Waals surface area (Å²) >= 11 is 8.74. The van der Waals surface area contributed by atoms with Crippen LogP contribution in [0.2, 0.25) is 5.02 Å². The molecule has 0 atom stereocenters. The van der Waals surface area contributed by atoms with Crippen molar-refractivity contribution in [2.75, 3.05) is 52.6 Å². The van der Waals surface area contributed by atoms with Crippen LogP contribution in [0, 0.1) is 38.4 Å². The molecule has 366 valence electrons. The number of carbonyl (C=O) groups is 2. The van der Waals surface area contributed by atoms with Crippen LogP contribution in [0.3, 0.4) is 0 Å². The van der Waals surface area contributed by atoms with Crippen molar-refractivity contribution >= 4 is 66.0 Å². The average molecular weight is 1020 g/mol. The molecule has 2 N–H and O–H groups in total. The summed E-state index contributed by atoms with van der Waals surface area (Å²) in [6, 6.07) is 33.2. The minimum absolute atomic E-state index is 0.103. The Balaban J connectivity index is 0.000000176. The summed E-state index contributed by atoms with van der Waals surface area (Å²) in [5, 5.41) is 22.0. The highest BCUT2D eigenvalue weighted by Gasteiger charge is 2.29. The van der Waals surface area contributed by atoms with E-state index in [4.69, 9.17) is 21.1 Å². The van der Waals surface area contributed by atoms with Crippen molar-refractivity contribution in [2.24, 2.45) is 11.8 Å². The quantitative estimate of drug-likeness (QED) is 0.0924. The van der Waals surface area contributed by atoms with E-state index >= 15 is 0 Å². The van der Waals surface area contributed by atoms with Crippen LogP contribution < -0.4 is 9.47 Å². The maximum absolute atomic E-state index is 13.7. The van der Waals surface area contributed by atoms with E-state index < -0.39 is 5.82 Å². The molecule has 2 saturated heterocycles. The zero-order chi connectivity index (χ0) is 49.9. The lowest BCUT2D eigenvalue weighted by Crippen LogP contribution is -2.48. The average Bonchev–Trinajstić information content (AvgIpc) is 3.85. The fourth-order valence-electron chi connectivity index (χ4n) is 9.18. The van der Waals surface area contributed by atoms with Gasteiger partial charge >= 0.3 is 0 Å². The molecule has 0 aliphatic carbocycles. The monoisotopic (exact) mass is 1020 g/mol. The summed E-state index contributed by atoms with van der Waals surface area (Å²) in [5.41, 5.74) is 5.50. The first-order chi connectivity index (χ1) is 34.2. The van der Waals surface area contributed by atoms with Gasteiger partial charge in [0.2, 0.25) is 11.6 Å². The van der Waals surface area contributed by atoms with Gasteiger partial charge in [0.25, 0.3) is 0 Å². The highest BCUT2D eigenvalue weighted by molar-refractivity contribution is 7.22. The molecule has 2 aliphatic heterocycles. The molecule has 14 heteroatoms. The fourth-order valence-corrected chi connectivity index (χ4v) is 11.7. The van der Waals surface area contributed by atoms with Gasteiger partial charge in [-0.3, -0.25) is 18.4 Å².